The van der Waals surface area contributed by atoms with E-state index in [-0.39, 0.29) is 24.5 Å². The maximum Gasteiger partial charge on any atom is 0.332 e. The Morgan fingerprint density at radius 3 is 2.64 bits per heavy atom. The number of imidazole rings is 1. The highest BCUT2D eigenvalue weighted by molar-refractivity contribution is 6.42. The second-order valence-corrected chi connectivity index (χ2v) is 10.0. The first-order valence-corrected chi connectivity index (χ1v) is 13.1. The number of aromatic nitrogens is 4. The number of nitrogens with one attached hydrogen (secondary N) is 1. The number of carbonyl (C=O) groups excluding carboxylic acids is 1. The molecule has 1 aliphatic rings. The van der Waals surface area contributed by atoms with Gasteiger partial charge >= 0.3 is 11.7 Å². The lowest BCUT2D eigenvalue weighted by molar-refractivity contribution is -0.149. The molecule has 2 unspecified atom stereocenters. The number of hydrogen-bond donors (Lipinski definition) is 1. The third-order valence-electron chi connectivity index (χ3n) is 6.63. The Hall–Kier alpha value is -2.78. The fourth-order valence-electron chi connectivity index (χ4n) is 4.86. The highest BCUT2D eigenvalue weighted by atomic mass is 35.5. The van der Waals surface area contributed by atoms with Crippen molar-refractivity contribution in [2.24, 2.45) is 13.0 Å². The highest BCUT2D eigenvalue weighted by Crippen LogP contribution is 2.29. The van der Waals surface area contributed by atoms with E-state index in [4.69, 9.17) is 27.9 Å². The summed E-state index contributed by atoms with van der Waals surface area (Å²) in [5.74, 6) is 0.201. The molecule has 1 N–H and O–H groups in total. The van der Waals surface area contributed by atoms with E-state index in [2.05, 4.69) is 10.3 Å². The standard InChI is InChI=1S/C25H31Cl2N5O4/c1-4-11-31-20-21(29-24(31)28-17-8-6-7-16(13-17)23(34)36-5-2)30(3)25(35)32(22(20)33)14-15-9-10-18(26)19(27)12-15/h9-10,12,16-17H,4-8,11,13-14H2,1-3H3,(H,28,29). The van der Waals surface area contributed by atoms with E-state index < -0.39 is 11.2 Å². The number of anilines is 1. The fraction of sp³-hybridized carbons (Fsp3) is 0.520. The molecule has 0 radical (unpaired) electrons. The second-order valence-electron chi connectivity index (χ2n) is 9.20. The van der Waals surface area contributed by atoms with Gasteiger partial charge in [-0.2, -0.15) is 4.98 Å². The van der Waals surface area contributed by atoms with Crippen molar-refractivity contribution in [2.45, 2.75) is 65.1 Å². The number of nitrogens with zero attached hydrogens (tertiary/aromatic N) is 4. The molecule has 194 valence electrons. The summed E-state index contributed by atoms with van der Waals surface area (Å²) in [6.45, 7) is 4.79. The summed E-state index contributed by atoms with van der Waals surface area (Å²) in [4.78, 5) is 43.7. The number of esters is 1. The Balaban J connectivity index is 1.73. The van der Waals surface area contributed by atoms with Crippen LogP contribution in [0.3, 0.4) is 0 Å². The van der Waals surface area contributed by atoms with Crippen LogP contribution in [0.25, 0.3) is 11.2 Å². The van der Waals surface area contributed by atoms with Crippen molar-refractivity contribution in [2.75, 3.05) is 11.9 Å². The Labute approximate surface area is 219 Å². The van der Waals surface area contributed by atoms with Gasteiger partial charge in [-0.25, -0.2) is 4.79 Å². The SMILES string of the molecule is CCCn1c(NC2CCCC(C(=O)OCC)C2)nc2c1c(=O)n(Cc1ccc(Cl)c(Cl)c1)c(=O)n2C. The summed E-state index contributed by atoms with van der Waals surface area (Å²) in [6, 6.07) is 5.05. The lowest BCUT2D eigenvalue weighted by Gasteiger charge is -2.28. The van der Waals surface area contributed by atoms with Crippen LogP contribution in [0.1, 0.15) is 51.5 Å². The van der Waals surface area contributed by atoms with E-state index >= 15 is 0 Å². The van der Waals surface area contributed by atoms with Crippen molar-refractivity contribution >= 4 is 46.3 Å². The maximum absolute atomic E-state index is 13.6. The number of fused-ring (bicyclic) bond motifs is 1. The second kappa shape index (κ2) is 11.1. The van der Waals surface area contributed by atoms with Crippen molar-refractivity contribution in [1.29, 1.82) is 0 Å². The molecular formula is C25H31Cl2N5O4. The minimum Gasteiger partial charge on any atom is -0.466 e. The van der Waals surface area contributed by atoms with E-state index in [1.54, 1.807) is 25.2 Å². The molecule has 2 atom stereocenters. The first kappa shape index (κ1) is 26.3. The third kappa shape index (κ3) is 5.18. The van der Waals surface area contributed by atoms with Gasteiger partial charge in [-0.1, -0.05) is 42.6 Å². The number of ether oxygens (including phenoxy) is 1. The molecule has 36 heavy (non-hydrogen) atoms. The van der Waals surface area contributed by atoms with Crippen LogP contribution in [0.2, 0.25) is 10.0 Å². The minimum atomic E-state index is -0.466. The fourth-order valence-corrected chi connectivity index (χ4v) is 5.18. The predicted octanol–water partition coefficient (Wildman–Crippen LogP) is 4.20. The van der Waals surface area contributed by atoms with Crippen molar-refractivity contribution in [3.8, 4) is 0 Å². The van der Waals surface area contributed by atoms with Crippen LogP contribution < -0.4 is 16.6 Å². The zero-order valence-electron chi connectivity index (χ0n) is 20.7. The summed E-state index contributed by atoms with van der Waals surface area (Å²) in [5.41, 5.74) is 0.492. The Morgan fingerprint density at radius 2 is 1.94 bits per heavy atom. The smallest absolute Gasteiger partial charge is 0.332 e. The lowest BCUT2D eigenvalue weighted by Crippen LogP contribution is -2.40. The zero-order chi connectivity index (χ0) is 26.0. The van der Waals surface area contributed by atoms with E-state index in [1.807, 2.05) is 18.4 Å². The molecule has 11 heteroatoms. The van der Waals surface area contributed by atoms with E-state index in [9.17, 15) is 14.4 Å². The van der Waals surface area contributed by atoms with Crippen molar-refractivity contribution in [1.82, 2.24) is 18.7 Å². The molecule has 0 aliphatic heterocycles. The average Bonchev–Trinajstić information content (AvgIpc) is 3.21. The van der Waals surface area contributed by atoms with E-state index in [0.717, 1.165) is 25.7 Å². The van der Waals surface area contributed by atoms with Gasteiger partial charge in [-0.15, -0.1) is 0 Å². The van der Waals surface area contributed by atoms with Crippen LogP contribution >= 0.6 is 23.2 Å². The van der Waals surface area contributed by atoms with Gasteiger partial charge in [0.1, 0.15) is 0 Å². The van der Waals surface area contributed by atoms with Crippen LogP contribution in [0.15, 0.2) is 27.8 Å². The molecule has 1 aromatic carbocycles. The molecule has 0 spiro atoms. The summed E-state index contributed by atoms with van der Waals surface area (Å²) in [7, 11) is 1.61. The first-order valence-electron chi connectivity index (χ1n) is 12.3. The van der Waals surface area contributed by atoms with Crippen molar-refractivity contribution < 1.29 is 9.53 Å². The normalized spacial score (nSPS) is 17.9. The average molecular weight is 536 g/mol. The summed E-state index contributed by atoms with van der Waals surface area (Å²) in [5, 5.41) is 4.22. The predicted molar refractivity (Wildman–Crippen MR) is 141 cm³/mol. The van der Waals surface area contributed by atoms with Gasteiger partial charge in [0.05, 0.1) is 29.1 Å². The van der Waals surface area contributed by atoms with Gasteiger partial charge in [-0.05, 0) is 50.3 Å². The Kier molecular flexibility index (Phi) is 8.10. The van der Waals surface area contributed by atoms with Crippen LogP contribution in [-0.2, 0) is 29.7 Å². The van der Waals surface area contributed by atoms with Gasteiger partial charge in [0.15, 0.2) is 11.2 Å². The maximum atomic E-state index is 13.6. The topological polar surface area (TPSA) is 100 Å². The monoisotopic (exact) mass is 535 g/mol. The number of rotatable bonds is 8. The lowest BCUT2D eigenvalue weighted by atomic mass is 9.86. The molecule has 1 fully saturated rings. The van der Waals surface area contributed by atoms with Gasteiger partial charge < -0.3 is 14.6 Å². The van der Waals surface area contributed by atoms with Crippen molar-refractivity contribution in [3.05, 3.63) is 54.6 Å². The molecule has 4 rings (SSSR count). The number of benzene rings is 1. The molecule has 9 nitrogen and oxygen atoms in total. The van der Waals surface area contributed by atoms with Gasteiger partial charge in [-0.3, -0.25) is 18.7 Å². The summed E-state index contributed by atoms with van der Waals surface area (Å²) < 4.78 is 9.66. The number of hydrogen-bond acceptors (Lipinski definition) is 6. The van der Waals surface area contributed by atoms with Crippen molar-refractivity contribution in [3.63, 3.8) is 0 Å². The molecule has 0 saturated heterocycles. The van der Waals surface area contributed by atoms with E-state index in [0.29, 0.717) is 52.3 Å². The van der Waals surface area contributed by atoms with Gasteiger partial charge in [0.2, 0.25) is 5.95 Å². The minimum absolute atomic E-state index is 0.0102. The number of halogens is 2. The molecular weight excluding hydrogens is 505 g/mol. The molecule has 1 saturated carbocycles. The Bertz CT molecular complexity index is 1390. The molecule has 2 aromatic heterocycles. The Morgan fingerprint density at radius 1 is 1.17 bits per heavy atom. The van der Waals surface area contributed by atoms with Crippen LogP contribution in [0.5, 0.6) is 0 Å². The van der Waals surface area contributed by atoms with Crippen LogP contribution in [0, 0.1) is 5.92 Å². The highest BCUT2D eigenvalue weighted by Gasteiger charge is 2.30. The molecule has 0 bridgehead atoms. The number of aryl methyl sites for hydroxylation is 2. The largest absolute Gasteiger partial charge is 0.466 e. The van der Waals surface area contributed by atoms with Gasteiger partial charge in [0.25, 0.3) is 5.56 Å². The third-order valence-corrected chi connectivity index (χ3v) is 7.37. The quantitative estimate of drug-likeness (QED) is 0.434. The first-order chi connectivity index (χ1) is 17.2. The number of carbonyl (C=O) groups is 1. The van der Waals surface area contributed by atoms with Crippen LogP contribution in [-0.4, -0.2) is 37.3 Å². The molecule has 3 aromatic rings. The van der Waals surface area contributed by atoms with Crippen LogP contribution in [0.4, 0.5) is 5.95 Å². The van der Waals surface area contributed by atoms with Gasteiger partial charge in [0, 0.05) is 19.6 Å². The summed E-state index contributed by atoms with van der Waals surface area (Å²) >= 11 is 12.2. The molecule has 0 amide bonds. The molecule has 2 heterocycles. The van der Waals surface area contributed by atoms with E-state index in [1.165, 1.54) is 9.13 Å². The molecule has 1 aliphatic carbocycles. The summed E-state index contributed by atoms with van der Waals surface area (Å²) in [6.07, 6.45) is 3.98. The zero-order valence-corrected chi connectivity index (χ0v) is 22.2.